The second-order valence-corrected chi connectivity index (χ2v) is 8.86. The number of piperidine rings is 1. The molecule has 0 unspecified atom stereocenters. The lowest BCUT2D eigenvalue weighted by atomic mass is 9.91. The minimum absolute atomic E-state index is 0.250. The van der Waals surface area contributed by atoms with Crippen molar-refractivity contribution >= 4 is 17.9 Å². The Balaban J connectivity index is 0.000000388. The first-order chi connectivity index (χ1) is 17.0. The monoisotopic (exact) mass is 503 g/mol. The molecule has 1 heterocycles. The number of nitrogens with one attached hydrogen (secondary N) is 1. The van der Waals surface area contributed by atoms with Gasteiger partial charge in [0.15, 0.2) is 17.8 Å². The minimum Gasteiger partial charge on any atom is -0.479 e. The van der Waals surface area contributed by atoms with Crippen molar-refractivity contribution in [1.29, 1.82) is 0 Å². The summed E-state index contributed by atoms with van der Waals surface area (Å²) in [5.74, 6) is -2.70. The number of carboxylic acids is 2. The number of carboxylic acid groups (broad SMARTS) is 2. The Bertz CT molecular complexity index is 985. The Morgan fingerprint density at radius 3 is 2.19 bits per heavy atom. The zero-order chi connectivity index (χ0) is 26.7. The lowest BCUT2D eigenvalue weighted by Crippen LogP contribution is -2.39. The summed E-state index contributed by atoms with van der Waals surface area (Å²) in [5, 5.41) is 36.0. The number of esters is 1. The molecule has 0 amide bonds. The predicted molar refractivity (Wildman–Crippen MR) is 130 cm³/mol. The number of ether oxygens (including phenoxy) is 2. The third-order valence-electron chi connectivity index (χ3n) is 5.51. The van der Waals surface area contributed by atoms with Gasteiger partial charge in [-0.2, -0.15) is 0 Å². The average molecular weight is 504 g/mol. The summed E-state index contributed by atoms with van der Waals surface area (Å²) in [6, 6.07) is 17.7. The first-order valence-electron chi connectivity index (χ1n) is 11.5. The molecule has 0 spiro atoms. The van der Waals surface area contributed by atoms with Crippen molar-refractivity contribution in [1.82, 2.24) is 5.32 Å². The lowest BCUT2D eigenvalue weighted by molar-refractivity contribution is -0.165. The molecule has 1 aliphatic rings. The number of carbonyl (C=O) groups excluding carboxylic acids is 1. The number of carbonyl (C=O) groups is 3. The largest absolute Gasteiger partial charge is 0.479 e. The van der Waals surface area contributed by atoms with Gasteiger partial charge in [0.1, 0.15) is 12.4 Å². The van der Waals surface area contributed by atoms with Crippen LogP contribution in [0.2, 0.25) is 0 Å². The van der Waals surface area contributed by atoms with E-state index < -0.39 is 29.7 Å². The van der Waals surface area contributed by atoms with E-state index in [1.165, 1.54) is 18.4 Å². The van der Waals surface area contributed by atoms with Gasteiger partial charge >= 0.3 is 17.9 Å². The van der Waals surface area contributed by atoms with E-state index in [-0.39, 0.29) is 12.6 Å². The number of hydrogen-bond acceptors (Lipinski definition) is 8. The van der Waals surface area contributed by atoms with E-state index in [2.05, 4.69) is 11.4 Å². The SMILES string of the molecule is CC(C)(Oc1cccc([C@H]2CCCNC2)c1)C(=O)OCc1ccccc1.O=C(O)[C@@H](O)[C@H](O)C(=O)O. The van der Waals surface area contributed by atoms with Crippen LogP contribution in [0.3, 0.4) is 0 Å². The third kappa shape index (κ3) is 8.95. The van der Waals surface area contributed by atoms with Gasteiger partial charge in [0.25, 0.3) is 0 Å². The topological polar surface area (TPSA) is 163 Å². The maximum Gasteiger partial charge on any atom is 0.350 e. The Labute approximate surface area is 209 Å². The number of hydrogen-bond donors (Lipinski definition) is 5. The van der Waals surface area contributed by atoms with Crippen LogP contribution in [-0.4, -0.2) is 69.2 Å². The highest BCUT2D eigenvalue weighted by molar-refractivity contribution is 5.83. The molecule has 5 N–H and O–H groups in total. The first kappa shape index (κ1) is 28.8. The Kier molecular flexibility index (Phi) is 10.8. The Hall–Kier alpha value is -3.47. The van der Waals surface area contributed by atoms with E-state index in [0.29, 0.717) is 11.7 Å². The summed E-state index contributed by atoms with van der Waals surface area (Å²) >= 11 is 0. The van der Waals surface area contributed by atoms with Crippen LogP contribution in [0.5, 0.6) is 5.75 Å². The third-order valence-corrected chi connectivity index (χ3v) is 5.51. The van der Waals surface area contributed by atoms with E-state index in [0.717, 1.165) is 18.7 Å². The summed E-state index contributed by atoms with van der Waals surface area (Å²) in [6.07, 6.45) is -2.17. The number of aliphatic carboxylic acids is 2. The van der Waals surface area contributed by atoms with Gasteiger partial charge < -0.3 is 35.2 Å². The molecule has 0 aromatic heterocycles. The maximum atomic E-state index is 12.5. The van der Waals surface area contributed by atoms with Gasteiger partial charge in [0, 0.05) is 6.54 Å². The zero-order valence-corrected chi connectivity index (χ0v) is 20.3. The van der Waals surface area contributed by atoms with Crippen LogP contribution < -0.4 is 10.1 Å². The minimum atomic E-state index is -2.27. The smallest absolute Gasteiger partial charge is 0.350 e. The summed E-state index contributed by atoms with van der Waals surface area (Å²) in [4.78, 5) is 32.0. The fourth-order valence-corrected chi connectivity index (χ4v) is 3.47. The van der Waals surface area contributed by atoms with Gasteiger partial charge in [-0.05, 0) is 62.4 Å². The first-order valence-corrected chi connectivity index (χ1v) is 11.5. The average Bonchev–Trinajstić information content (AvgIpc) is 2.87. The predicted octanol–water partition coefficient (Wildman–Crippen LogP) is 1.93. The van der Waals surface area contributed by atoms with E-state index in [9.17, 15) is 14.4 Å². The molecule has 0 bridgehead atoms. The molecule has 36 heavy (non-hydrogen) atoms. The molecule has 1 fully saturated rings. The highest BCUT2D eigenvalue weighted by Gasteiger charge is 2.32. The fourth-order valence-electron chi connectivity index (χ4n) is 3.47. The van der Waals surface area contributed by atoms with Crippen LogP contribution in [0.15, 0.2) is 54.6 Å². The van der Waals surface area contributed by atoms with Crippen molar-refractivity contribution in [3.8, 4) is 5.75 Å². The van der Waals surface area contributed by atoms with E-state index >= 15 is 0 Å². The molecule has 10 nitrogen and oxygen atoms in total. The van der Waals surface area contributed by atoms with Crippen LogP contribution in [0.25, 0.3) is 0 Å². The Morgan fingerprint density at radius 2 is 1.64 bits per heavy atom. The number of benzene rings is 2. The molecule has 196 valence electrons. The summed E-state index contributed by atoms with van der Waals surface area (Å²) in [6.45, 7) is 5.82. The van der Waals surface area contributed by atoms with E-state index in [4.69, 9.17) is 29.9 Å². The molecule has 3 atom stereocenters. The van der Waals surface area contributed by atoms with Crippen molar-refractivity contribution in [2.75, 3.05) is 13.1 Å². The van der Waals surface area contributed by atoms with E-state index in [1.807, 2.05) is 48.5 Å². The van der Waals surface area contributed by atoms with Crippen LogP contribution >= 0.6 is 0 Å². The van der Waals surface area contributed by atoms with Crippen LogP contribution in [0, 0.1) is 0 Å². The van der Waals surface area contributed by atoms with Crippen molar-refractivity contribution in [3.05, 3.63) is 65.7 Å². The molecule has 10 heteroatoms. The molecule has 1 saturated heterocycles. The molecule has 2 aromatic rings. The normalized spacial score (nSPS) is 17.1. The molecule has 0 radical (unpaired) electrons. The summed E-state index contributed by atoms with van der Waals surface area (Å²) < 4.78 is 11.4. The molecular weight excluding hydrogens is 470 g/mol. The molecule has 2 aromatic carbocycles. The quantitative estimate of drug-likeness (QED) is 0.320. The molecule has 3 rings (SSSR count). The highest BCUT2D eigenvalue weighted by Crippen LogP contribution is 2.28. The molecular formula is C26H33NO9. The van der Waals surface area contributed by atoms with Gasteiger partial charge in [-0.25, -0.2) is 14.4 Å². The molecule has 1 aliphatic heterocycles. The number of aliphatic hydroxyl groups excluding tert-OH is 2. The van der Waals surface area contributed by atoms with Crippen molar-refractivity contribution in [2.24, 2.45) is 0 Å². The lowest BCUT2D eigenvalue weighted by Gasteiger charge is -2.26. The van der Waals surface area contributed by atoms with Crippen LogP contribution in [0.1, 0.15) is 43.7 Å². The number of rotatable bonds is 9. The zero-order valence-electron chi connectivity index (χ0n) is 20.3. The number of aliphatic hydroxyl groups is 2. The highest BCUT2D eigenvalue weighted by atomic mass is 16.6. The maximum absolute atomic E-state index is 12.5. The van der Waals surface area contributed by atoms with Gasteiger partial charge in [-0.1, -0.05) is 42.5 Å². The van der Waals surface area contributed by atoms with Crippen LogP contribution in [-0.2, 0) is 25.7 Å². The molecule has 0 saturated carbocycles. The van der Waals surface area contributed by atoms with Gasteiger partial charge in [0.05, 0.1) is 0 Å². The summed E-state index contributed by atoms with van der Waals surface area (Å²) in [7, 11) is 0. The van der Waals surface area contributed by atoms with E-state index in [1.54, 1.807) is 13.8 Å². The summed E-state index contributed by atoms with van der Waals surface area (Å²) in [5.41, 5.74) is 1.17. The van der Waals surface area contributed by atoms with Gasteiger partial charge in [-0.15, -0.1) is 0 Å². The van der Waals surface area contributed by atoms with Crippen LogP contribution in [0.4, 0.5) is 0 Å². The second kappa shape index (κ2) is 13.6. The van der Waals surface area contributed by atoms with Crippen molar-refractivity contribution in [2.45, 2.75) is 57.0 Å². The fraction of sp³-hybridized carbons (Fsp3) is 0.423. The van der Waals surface area contributed by atoms with Crippen molar-refractivity contribution in [3.63, 3.8) is 0 Å². The van der Waals surface area contributed by atoms with Crippen molar-refractivity contribution < 1.29 is 44.3 Å². The Morgan fingerprint density at radius 1 is 1.00 bits per heavy atom. The molecule has 0 aliphatic carbocycles. The van der Waals surface area contributed by atoms with Gasteiger partial charge in [-0.3, -0.25) is 0 Å². The van der Waals surface area contributed by atoms with Gasteiger partial charge in [0.2, 0.25) is 0 Å². The standard InChI is InChI=1S/C22H27NO3.C4H6O6/c1-22(2,21(24)25-16-17-8-4-3-5-9-17)26-20-12-6-10-18(14-20)19-11-7-13-23-15-19;5-1(3(7)8)2(6)4(9)10/h3-6,8-10,12,14,19,23H,7,11,13,15-16H2,1-2H3;1-2,5-6H,(H,7,8)(H,9,10)/t19-;1-,2-/m00/s1. The second-order valence-electron chi connectivity index (χ2n) is 8.86.